The number of carbonyl (C=O) groups is 1. The molecular formula is C22H19ClF2N2O5S. The molecule has 7 nitrogen and oxygen atoms in total. The number of alkyl halides is 2. The molecule has 0 aliphatic rings. The molecule has 3 rings (SSSR count). The summed E-state index contributed by atoms with van der Waals surface area (Å²) < 4.78 is 60.6. The van der Waals surface area contributed by atoms with E-state index in [0.717, 1.165) is 23.4 Å². The zero-order valence-corrected chi connectivity index (χ0v) is 19.3. The van der Waals surface area contributed by atoms with Crippen LogP contribution >= 0.6 is 11.6 Å². The minimum atomic E-state index is -3.84. The fraction of sp³-hybridized carbons (Fsp3) is 0.182. The lowest BCUT2D eigenvalue weighted by atomic mass is 10.0. The molecule has 0 saturated heterocycles. The summed E-state index contributed by atoms with van der Waals surface area (Å²) in [6, 6.07) is 10.5. The van der Waals surface area contributed by atoms with Crippen molar-refractivity contribution in [3.8, 4) is 28.5 Å². The van der Waals surface area contributed by atoms with Crippen LogP contribution in [0.3, 0.4) is 0 Å². The minimum Gasteiger partial charge on any atom is -0.438 e. The highest BCUT2D eigenvalue weighted by Gasteiger charge is 2.18. The van der Waals surface area contributed by atoms with Crippen LogP contribution in [-0.2, 0) is 10.0 Å². The molecule has 0 atom stereocenters. The zero-order chi connectivity index (χ0) is 24.3. The lowest BCUT2D eigenvalue weighted by Gasteiger charge is -2.14. The molecule has 174 valence electrons. The number of aromatic nitrogens is 1. The summed E-state index contributed by atoms with van der Waals surface area (Å²) in [5, 5.41) is 0.118. The highest BCUT2D eigenvalue weighted by atomic mass is 35.5. The quantitative estimate of drug-likeness (QED) is 0.489. The lowest BCUT2D eigenvalue weighted by molar-refractivity contribution is -0.0495. The van der Waals surface area contributed by atoms with Crippen LogP contribution < -0.4 is 14.2 Å². The van der Waals surface area contributed by atoms with Gasteiger partial charge in [-0.1, -0.05) is 17.7 Å². The number of nitrogens with one attached hydrogen (secondary N) is 1. The van der Waals surface area contributed by atoms with Crippen LogP contribution in [0.1, 0.15) is 21.5 Å². The summed E-state index contributed by atoms with van der Waals surface area (Å²) in [4.78, 5) is 16.3. The van der Waals surface area contributed by atoms with Crippen molar-refractivity contribution in [2.75, 3.05) is 6.26 Å². The van der Waals surface area contributed by atoms with E-state index >= 15 is 0 Å². The van der Waals surface area contributed by atoms with E-state index in [0.29, 0.717) is 11.3 Å². The number of amides is 1. The smallest absolute Gasteiger partial charge is 0.387 e. The fourth-order valence-corrected chi connectivity index (χ4v) is 3.52. The van der Waals surface area contributed by atoms with Gasteiger partial charge in [0.2, 0.25) is 15.9 Å². The first kappa shape index (κ1) is 24.4. The first-order valence-electron chi connectivity index (χ1n) is 9.45. The van der Waals surface area contributed by atoms with Crippen LogP contribution in [-0.4, -0.2) is 32.2 Å². The van der Waals surface area contributed by atoms with Gasteiger partial charge in [0.25, 0.3) is 5.91 Å². The van der Waals surface area contributed by atoms with Gasteiger partial charge in [-0.15, -0.1) is 0 Å². The maximum atomic E-state index is 13.0. The molecule has 0 spiro atoms. The molecule has 0 bridgehead atoms. The Morgan fingerprint density at radius 1 is 1.09 bits per heavy atom. The second-order valence-electron chi connectivity index (χ2n) is 7.15. The molecule has 0 saturated carbocycles. The fourth-order valence-electron chi connectivity index (χ4n) is 2.86. The monoisotopic (exact) mass is 496 g/mol. The Morgan fingerprint density at radius 3 is 2.42 bits per heavy atom. The van der Waals surface area contributed by atoms with Gasteiger partial charge in [0.1, 0.15) is 16.5 Å². The van der Waals surface area contributed by atoms with Crippen molar-refractivity contribution in [3.05, 3.63) is 70.4 Å². The van der Waals surface area contributed by atoms with Crippen molar-refractivity contribution in [2.45, 2.75) is 20.5 Å². The highest BCUT2D eigenvalue weighted by molar-refractivity contribution is 7.89. The number of aryl methyl sites for hydroxylation is 2. The molecule has 0 unspecified atom stereocenters. The summed E-state index contributed by atoms with van der Waals surface area (Å²) in [5.41, 5.74) is 2.41. The number of hydrogen-bond acceptors (Lipinski definition) is 6. The number of ether oxygens (including phenoxy) is 2. The number of nitrogens with zero attached hydrogens (tertiary/aromatic N) is 1. The first-order chi connectivity index (χ1) is 15.4. The standard InChI is InChI=1S/C22H19ClF2N2O5S/c1-12-4-6-16(8-13(12)2)31-21-18(23)9-15(11-26-21)17-7-5-14(10-19(17)32-22(24)25)20(28)27-33(3,29)30/h4-11,22H,1-3H3,(H,27,28). The number of sulfonamides is 1. The van der Waals surface area contributed by atoms with E-state index in [-0.39, 0.29) is 27.8 Å². The Bertz CT molecular complexity index is 1320. The normalized spacial score (nSPS) is 11.4. The van der Waals surface area contributed by atoms with Crippen molar-refractivity contribution in [1.29, 1.82) is 0 Å². The van der Waals surface area contributed by atoms with Crippen molar-refractivity contribution in [2.24, 2.45) is 0 Å². The van der Waals surface area contributed by atoms with E-state index < -0.39 is 22.5 Å². The predicted octanol–water partition coefficient (Wildman–Crippen LogP) is 5.10. The molecular weight excluding hydrogens is 478 g/mol. The van der Waals surface area contributed by atoms with Crippen molar-refractivity contribution in [1.82, 2.24) is 9.71 Å². The molecule has 0 aliphatic carbocycles. The average Bonchev–Trinajstić information content (AvgIpc) is 2.70. The van der Waals surface area contributed by atoms with Gasteiger partial charge < -0.3 is 9.47 Å². The Balaban J connectivity index is 1.94. The van der Waals surface area contributed by atoms with Crippen LogP contribution in [0.15, 0.2) is 48.7 Å². The minimum absolute atomic E-state index is 0.115. The number of halogens is 3. The topological polar surface area (TPSA) is 94.6 Å². The molecule has 0 radical (unpaired) electrons. The third-order valence-electron chi connectivity index (χ3n) is 4.55. The molecule has 1 N–H and O–H groups in total. The molecule has 3 aromatic rings. The summed E-state index contributed by atoms with van der Waals surface area (Å²) in [7, 11) is -3.84. The van der Waals surface area contributed by atoms with Crippen LogP contribution in [0.5, 0.6) is 17.4 Å². The SMILES string of the molecule is Cc1ccc(Oc2ncc(-c3ccc(C(=O)NS(C)(=O)=O)cc3OC(F)F)cc2Cl)cc1C. The number of rotatable bonds is 7. The Hall–Kier alpha value is -3.24. The molecule has 0 fully saturated rings. The van der Waals surface area contributed by atoms with Crippen LogP contribution in [0.2, 0.25) is 5.02 Å². The molecule has 1 amide bonds. The number of benzene rings is 2. The second kappa shape index (κ2) is 9.72. The van der Waals surface area contributed by atoms with Gasteiger partial charge in [-0.3, -0.25) is 4.79 Å². The summed E-state index contributed by atoms with van der Waals surface area (Å²) in [5.74, 6) is -0.698. The molecule has 33 heavy (non-hydrogen) atoms. The largest absolute Gasteiger partial charge is 0.438 e. The highest BCUT2D eigenvalue weighted by Crippen LogP contribution is 2.36. The predicted molar refractivity (Wildman–Crippen MR) is 120 cm³/mol. The van der Waals surface area contributed by atoms with Gasteiger partial charge in [-0.25, -0.2) is 18.1 Å². The molecule has 11 heteroatoms. The van der Waals surface area contributed by atoms with Gasteiger partial charge in [0.05, 0.1) is 6.26 Å². The molecule has 1 heterocycles. The lowest BCUT2D eigenvalue weighted by Crippen LogP contribution is -2.29. The van der Waals surface area contributed by atoms with E-state index in [4.69, 9.17) is 16.3 Å². The van der Waals surface area contributed by atoms with Gasteiger partial charge in [-0.05, 0) is 61.4 Å². The Morgan fingerprint density at radius 2 is 1.82 bits per heavy atom. The summed E-state index contributed by atoms with van der Waals surface area (Å²) >= 11 is 6.31. The van der Waals surface area contributed by atoms with E-state index in [1.807, 2.05) is 26.0 Å². The third-order valence-corrected chi connectivity index (χ3v) is 5.38. The van der Waals surface area contributed by atoms with Crippen molar-refractivity contribution >= 4 is 27.5 Å². The number of hydrogen-bond donors (Lipinski definition) is 1. The Labute approximate surface area is 194 Å². The van der Waals surface area contributed by atoms with Crippen molar-refractivity contribution < 1.29 is 31.5 Å². The second-order valence-corrected chi connectivity index (χ2v) is 9.31. The molecule has 0 aliphatic heterocycles. The van der Waals surface area contributed by atoms with Crippen LogP contribution in [0.25, 0.3) is 11.1 Å². The summed E-state index contributed by atoms with van der Waals surface area (Å²) in [6.07, 6.45) is 2.15. The van der Waals surface area contributed by atoms with Gasteiger partial charge in [-0.2, -0.15) is 8.78 Å². The summed E-state index contributed by atoms with van der Waals surface area (Å²) in [6.45, 7) is 0.715. The Kier molecular flexibility index (Phi) is 7.19. The van der Waals surface area contributed by atoms with E-state index in [2.05, 4.69) is 9.72 Å². The van der Waals surface area contributed by atoms with E-state index in [1.165, 1.54) is 24.4 Å². The third kappa shape index (κ3) is 6.39. The molecule has 2 aromatic carbocycles. The zero-order valence-electron chi connectivity index (χ0n) is 17.7. The average molecular weight is 497 g/mol. The van der Waals surface area contributed by atoms with Crippen LogP contribution in [0.4, 0.5) is 8.78 Å². The van der Waals surface area contributed by atoms with E-state index in [1.54, 1.807) is 10.8 Å². The maximum absolute atomic E-state index is 13.0. The van der Waals surface area contributed by atoms with E-state index in [9.17, 15) is 22.0 Å². The van der Waals surface area contributed by atoms with Crippen molar-refractivity contribution in [3.63, 3.8) is 0 Å². The van der Waals surface area contributed by atoms with Gasteiger partial charge >= 0.3 is 6.61 Å². The maximum Gasteiger partial charge on any atom is 0.387 e. The number of carbonyl (C=O) groups excluding carboxylic acids is 1. The first-order valence-corrected chi connectivity index (χ1v) is 11.7. The van der Waals surface area contributed by atoms with Gasteiger partial charge in [0.15, 0.2) is 0 Å². The molecule has 1 aromatic heterocycles. The van der Waals surface area contributed by atoms with Gasteiger partial charge in [0, 0.05) is 22.9 Å². The van der Waals surface area contributed by atoms with Crippen LogP contribution in [0, 0.1) is 13.8 Å². The number of pyridine rings is 1.